The van der Waals surface area contributed by atoms with E-state index >= 15 is 0 Å². The third-order valence-corrected chi connectivity index (χ3v) is 6.97. The second-order valence-electron chi connectivity index (χ2n) is 11.6. The van der Waals surface area contributed by atoms with E-state index in [9.17, 15) is 28.8 Å². The molecule has 15 heteroatoms. The van der Waals surface area contributed by atoms with E-state index in [1.807, 2.05) is 0 Å². The predicted octanol–water partition coefficient (Wildman–Crippen LogP) is 7.60. The fourth-order valence-electron chi connectivity index (χ4n) is 4.00. The molecule has 0 heterocycles. The van der Waals surface area contributed by atoms with Crippen molar-refractivity contribution in [2.24, 2.45) is 0 Å². The molecule has 15 nitrogen and oxygen atoms in total. The Kier molecular flexibility index (Phi) is 19.6. The summed E-state index contributed by atoms with van der Waals surface area (Å²) in [4.78, 5) is 71.3. The van der Waals surface area contributed by atoms with Gasteiger partial charge in [-0.05, 0) is 56.2 Å². The number of ether oxygens (including phenoxy) is 9. The van der Waals surface area contributed by atoms with Gasteiger partial charge in [-0.1, -0.05) is 45.1 Å². The smallest absolute Gasteiger partial charge is 0.466 e. The molecule has 0 aliphatic carbocycles. The van der Waals surface area contributed by atoms with Gasteiger partial charge < -0.3 is 42.6 Å². The van der Waals surface area contributed by atoms with Crippen LogP contribution in [0.5, 0.6) is 17.2 Å². The predicted molar refractivity (Wildman–Crippen MR) is 189 cm³/mol. The molecule has 0 bridgehead atoms. The maximum atomic E-state index is 12.6. The van der Waals surface area contributed by atoms with Gasteiger partial charge >= 0.3 is 36.4 Å². The summed E-state index contributed by atoms with van der Waals surface area (Å²) in [6.07, 6.45) is 0.125. The first-order valence-electron chi connectivity index (χ1n) is 17.4. The van der Waals surface area contributed by atoms with Crippen LogP contribution < -0.4 is 14.2 Å². The second-order valence-corrected chi connectivity index (χ2v) is 11.6. The molecule has 2 rings (SSSR count). The summed E-state index contributed by atoms with van der Waals surface area (Å²) in [5, 5.41) is 0. The molecule has 2 aromatic rings. The van der Waals surface area contributed by atoms with E-state index < -0.39 is 36.8 Å². The Morgan fingerprint density at radius 1 is 0.491 bits per heavy atom. The van der Waals surface area contributed by atoms with E-state index in [1.54, 1.807) is 78.0 Å². The van der Waals surface area contributed by atoms with Crippen molar-refractivity contribution in [3.63, 3.8) is 0 Å². The van der Waals surface area contributed by atoms with Gasteiger partial charge in [0, 0.05) is 44.6 Å². The van der Waals surface area contributed by atoms with Crippen LogP contribution >= 0.6 is 0 Å². The van der Waals surface area contributed by atoms with Crippen LogP contribution in [0.15, 0.2) is 42.5 Å². The fourth-order valence-corrected chi connectivity index (χ4v) is 4.00. The number of hydrogen-bond acceptors (Lipinski definition) is 15. The Morgan fingerprint density at radius 3 is 1.19 bits per heavy atom. The number of esters is 3. The molecule has 3 atom stereocenters. The lowest BCUT2D eigenvalue weighted by atomic mass is 10.1. The molecule has 0 aliphatic heterocycles. The van der Waals surface area contributed by atoms with E-state index in [-0.39, 0.29) is 87.1 Å². The zero-order valence-electron chi connectivity index (χ0n) is 30.9. The maximum Gasteiger partial charge on any atom is 0.514 e. The topological polar surface area (TPSA) is 185 Å². The van der Waals surface area contributed by atoms with Gasteiger partial charge in [0.1, 0.15) is 35.6 Å². The molecule has 0 unspecified atom stereocenters. The van der Waals surface area contributed by atoms with Gasteiger partial charge in [-0.3, -0.25) is 14.4 Å². The molecule has 0 aromatic heterocycles. The zero-order chi connectivity index (χ0) is 39.2. The van der Waals surface area contributed by atoms with Crippen molar-refractivity contribution >= 4 is 48.5 Å². The van der Waals surface area contributed by atoms with Gasteiger partial charge in [-0.25, -0.2) is 14.4 Å². The van der Waals surface area contributed by atoms with Crippen molar-refractivity contribution in [2.75, 3.05) is 19.8 Å². The van der Waals surface area contributed by atoms with E-state index in [0.717, 1.165) is 0 Å². The molecule has 2 aromatic carbocycles. The first-order chi connectivity index (χ1) is 25.3. The Hall–Kier alpha value is -5.60. The van der Waals surface area contributed by atoms with Crippen LogP contribution in [-0.2, 0) is 42.8 Å². The molecular formula is C38H48O15. The number of hydrogen-bond donors (Lipinski definition) is 0. The second kappa shape index (κ2) is 23.8. The summed E-state index contributed by atoms with van der Waals surface area (Å²) in [7, 11) is 0. The Morgan fingerprint density at radius 2 is 0.830 bits per heavy atom. The van der Waals surface area contributed by atoms with Crippen molar-refractivity contribution in [3.05, 3.63) is 53.6 Å². The highest BCUT2D eigenvalue weighted by atomic mass is 16.7. The molecule has 53 heavy (non-hydrogen) atoms. The maximum absolute atomic E-state index is 12.6. The Bertz CT molecular complexity index is 1470. The van der Waals surface area contributed by atoms with Crippen molar-refractivity contribution in [3.8, 4) is 17.2 Å². The lowest BCUT2D eigenvalue weighted by Crippen LogP contribution is -2.21. The summed E-state index contributed by atoms with van der Waals surface area (Å²) in [5.41, 5.74) is 1.15. The third kappa shape index (κ3) is 19.0. The minimum atomic E-state index is -1.03. The summed E-state index contributed by atoms with van der Waals surface area (Å²) in [5.74, 6) is -0.867. The van der Waals surface area contributed by atoms with Crippen LogP contribution in [0.4, 0.5) is 14.4 Å². The van der Waals surface area contributed by atoms with Crippen LogP contribution in [0.25, 0.3) is 12.2 Å². The van der Waals surface area contributed by atoms with Crippen molar-refractivity contribution in [2.45, 2.75) is 98.4 Å². The van der Waals surface area contributed by atoms with Crippen LogP contribution in [0.1, 0.15) is 91.2 Å². The third-order valence-electron chi connectivity index (χ3n) is 6.97. The lowest BCUT2D eigenvalue weighted by molar-refractivity contribution is -0.144. The van der Waals surface area contributed by atoms with Crippen molar-refractivity contribution < 1.29 is 71.4 Å². The molecule has 0 saturated heterocycles. The molecule has 0 N–H and O–H groups in total. The first kappa shape index (κ1) is 43.6. The highest BCUT2D eigenvalue weighted by Crippen LogP contribution is 2.26. The SMILES string of the molecule is CCC(=O)OCC[C@@H](C)OC(=O)Oc1ccc(/C=C/c2cc(OC(=O)O[C@H](C)CCOC(=O)CC)cc(OC(=O)O[C@H](C)CCOC(=O)CC)c2)cc1. The van der Waals surface area contributed by atoms with Gasteiger partial charge in [0.05, 0.1) is 19.8 Å². The molecule has 0 amide bonds. The quantitative estimate of drug-likeness (QED) is 0.0558. The van der Waals surface area contributed by atoms with Gasteiger partial charge in [0.15, 0.2) is 0 Å². The standard InChI is InChI=1S/C38H48O15/c1-7-33(39)45-19-16-25(4)48-36(42)51-30-14-12-28(13-15-30)10-11-29-22-31(52-37(43)49-26(5)17-20-46-34(40)8-2)24-32(23-29)53-38(44)50-27(6)18-21-47-35(41)9-3/h10-15,22-27H,7-9,16-21H2,1-6H3/b11-10+/t25-,26-,27-/m1/s1. The minimum Gasteiger partial charge on any atom is -0.466 e. The van der Waals surface area contributed by atoms with E-state index in [4.69, 9.17) is 42.6 Å². The largest absolute Gasteiger partial charge is 0.514 e. The number of carbonyl (C=O) groups is 6. The van der Waals surface area contributed by atoms with Crippen LogP contribution in [0.3, 0.4) is 0 Å². The normalized spacial score (nSPS) is 12.4. The van der Waals surface area contributed by atoms with Gasteiger partial charge in [-0.2, -0.15) is 0 Å². The number of carbonyl (C=O) groups excluding carboxylic acids is 6. The van der Waals surface area contributed by atoms with Crippen LogP contribution in [0, 0.1) is 0 Å². The number of benzene rings is 2. The van der Waals surface area contributed by atoms with Crippen molar-refractivity contribution in [1.29, 1.82) is 0 Å². The van der Waals surface area contributed by atoms with Gasteiger partial charge in [0.25, 0.3) is 0 Å². The van der Waals surface area contributed by atoms with Crippen molar-refractivity contribution in [1.82, 2.24) is 0 Å². The van der Waals surface area contributed by atoms with Crippen LogP contribution in [-0.4, -0.2) is 74.5 Å². The number of rotatable bonds is 20. The molecule has 0 aliphatic rings. The Labute approximate surface area is 308 Å². The average molecular weight is 745 g/mol. The molecule has 0 fully saturated rings. The molecule has 0 spiro atoms. The molecular weight excluding hydrogens is 696 g/mol. The highest BCUT2D eigenvalue weighted by Gasteiger charge is 2.17. The summed E-state index contributed by atoms with van der Waals surface area (Å²) in [6.45, 7) is 10.2. The zero-order valence-corrected chi connectivity index (χ0v) is 30.9. The first-order valence-corrected chi connectivity index (χ1v) is 17.4. The summed E-state index contributed by atoms with van der Waals surface area (Å²) < 4.78 is 46.7. The molecule has 0 radical (unpaired) electrons. The fraction of sp³-hybridized carbons (Fsp3) is 0.474. The van der Waals surface area contributed by atoms with Gasteiger partial charge in [0.2, 0.25) is 0 Å². The molecule has 290 valence electrons. The minimum absolute atomic E-state index is 0.0101. The average Bonchev–Trinajstić information content (AvgIpc) is 3.10. The monoisotopic (exact) mass is 744 g/mol. The highest BCUT2D eigenvalue weighted by molar-refractivity contribution is 5.74. The van der Waals surface area contributed by atoms with Gasteiger partial charge in [-0.15, -0.1) is 0 Å². The van der Waals surface area contributed by atoms with E-state index in [1.165, 1.54) is 18.2 Å². The lowest BCUT2D eigenvalue weighted by Gasteiger charge is -2.15. The Balaban J connectivity index is 2.10. The van der Waals surface area contributed by atoms with Crippen LogP contribution in [0.2, 0.25) is 0 Å². The summed E-state index contributed by atoms with van der Waals surface area (Å²) >= 11 is 0. The molecule has 0 saturated carbocycles. The summed E-state index contributed by atoms with van der Waals surface area (Å²) in [6, 6.07) is 10.8. The van der Waals surface area contributed by atoms with E-state index in [2.05, 4.69) is 0 Å². The van der Waals surface area contributed by atoms with E-state index in [0.29, 0.717) is 17.5 Å².